The van der Waals surface area contributed by atoms with E-state index in [1.165, 1.54) is 5.56 Å². The summed E-state index contributed by atoms with van der Waals surface area (Å²) in [4.78, 5) is 4.24. The number of rotatable bonds is 5. The van der Waals surface area contributed by atoms with Crippen molar-refractivity contribution in [3.8, 4) is 5.75 Å². The molecular formula is C18H23ClIN3O. The van der Waals surface area contributed by atoms with Gasteiger partial charge in [-0.1, -0.05) is 35.9 Å². The van der Waals surface area contributed by atoms with Gasteiger partial charge in [-0.3, -0.25) is 4.99 Å². The van der Waals surface area contributed by atoms with Gasteiger partial charge >= 0.3 is 0 Å². The molecule has 2 aromatic carbocycles. The van der Waals surface area contributed by atoms with E-state index < -0.39 is 0 Å². The molecule has 0 unspecified atom stereocenters. The summed E-state index contributed by atoms with van der Waals surface area (Å²) in [5.41, 5.74) is 3.41. The highest BCUT2D eigenvalue weighted by atomic mass is 127. The molecule has 0 bridgehead atoms. The Bertz CT molecular complexity index is 674. The number of guanidine groups is 1. The molecule has 0 aromatic heterocycles. The first-order chi connectivity index (χ1) is 11.1. The van der Waals surface area contributed by atoms with Crippen LogP contribution in [0.3, 0.4) is 0 Å². The zero-order chi connectivity index (χ0) is 16.7. The van der Waals surface area contributed by atoms with Gasteiger partial charge < -0.3 is 15.4 Å². The van der Waals surface area contributed by atoms with E-state index in [0.29, 0.717) is 13.1 Å². The Labute approximate surface area is 165 Å². The molecule has 0 amide bonds. The lowest BCUT2D eigenvalue weighted by molar-refractivity contribution is 0.408. The minimum Gasteiger partial charge on any atom is -0.496 e. The molecule has 4 nitrogen and oxygen atoms in total. The summed E-state index contributed by atoms with van der Waals surface area (Å²) >= 11 is 5.89. The molecule has 6 heteroatoms. The smallest absolute Gasteiger partial charge is 0.191 e. The SMILES string of the molecule is CN=C(NCc1ccc(Cl)cc1)NCc1ccc(C)cc1OC.I. The maximum absolute atomic E-state index is 5.89. The molecule has 0 aliphatic rings. The third-order valence-electron chi connectivity index (χ3n) is 3.49. The Morgan fingerprint density at radius 3 is 2.38 bits per heavy atom. The van der Waals surface area contributed by atoms with Gasteiger partial charge in [0.2, 0.25) is 0 Å². The molecule has 2 N–H and O–H groups in total. The van der Waals surface area contributed by atoms with Gasteiger partial charge in [0.25, 0.3) is 0 Å². The molecule has 2 rings (SSSR count). The van der Waals surface area contributed by atoms with Crippen molar-refractivity contribution < 1.29 is 4.74 Å². The third-order valence-corrected chi connectivity index (χ3v) is 3.74. The van der Waals surface area contributed by atoms with Crippen LogP contribution < -0.4 is 15.4 Å². The van der Waals surface area contributed by atoms with Crippen LogP contribution in [-0.4, -0.2) is 20.1 Å². The summed E-state index contributed by atoms with van der Waals surface area (Å²) in [6, 6.07) is 13.9. The number of hydrogen-bond donors (Lipinski definition) is 2. The average molecular weight is 460 g/mol. The first kappa shape index (κ1) is 20.6. The zero-order valence-electron chi connectivity index (χ0n) is 14.1. The Morgan fingerprint density at radius 1 is 1.08 bits per heavy atom. The Balaban J connectivity index is 0.00000288. The number of nitrogens with one attached hydrogen (secondary N) is 2. The standard InChI is InChI=1S/C18H22ClN3O.HI/c1-13-4-7-15(17(10-13)23-3)12-22-18(20-2)21-11-14-5-8-16(19)9-6-14;/h4-10H,11-12H2,1-3H3,(H2,20,21,22);1H. The van der Waals surface area contributed by atoms with Gasteiger partial charge in [0.15, 0.2) is 5.96 Å². The van der Waals surface area contributed by atoms with Crippen molar-refractivity contribution in [2.24, 2.45) is 4.99 Å². The maximum Gasteiger partial charge on any atom is 0.191 e. The summed E-state index contributed by atoms with van der Waals surface area (Å²) in [6.07, 6.45) is 0. The van der Waals surface area contributed by atoms with Gasteiger partial charge in [-0.2, -0.15) is 0 Å². The Morgan fingerprint density at radius 2 is 1.75 bits per heavy atom. The van der Waals surface area contributed by atoms with Crippen molar-refractivity contribution in [3.05, 3.63) is 64.2 Å². The second-order valence-electron chi connectivity index (χ2n) is 5.22. The fraction of sp³-hybridized carbons (Fsp3) is 0.278. The molecule has 0 aliphatic carbocycles. The highest BCUT2D eigenvalue weighted by molar-refractivity contribution is 14.0. The first-order valence-corrected chi connectivity index (χ1v) is 7.82. The summed E-state index contributed by atoms with van der Waals surface area (Å²) in [5.74, 6) is 1.62. The summed E-state index contributed by atoms with van der Waals surface area (Å²) in [5, 5.41) is 7.31. The lowest BCUT2D eigenvalue weighted by Gasteiger charge is -2.14. The van der Waals surface area contributed by atoms with E-state index in [1.54, 1.807) is 14.2 Å². The van der Waals surface area contributed by atoms with Gasteiger partial charge in [0, 0.05) is 30.7 Å². The highest BCUT2D eigenvalue weighted by Gasteiger charge is 2.05. The van der Waals surface area contributed by atoms with Crippen molar-refractivity contribution in [1.29, 1.82) is 0 Å². The lowest BCUT2D eigenvalue weighted by Crippen LogP contribution is -2.36. The molecule has 0 saturated carbocycles. The second-order valence-corrected chi connectivity index (χ2v) is 5.66. The quantitative estimate of drug-likeness (QED) is 0.401. The van der Waals surface area contributed by atoms with Crippen molar-refractivity contribution in [3.63, 3.8) is 0 Å². The van der Waals surface area contributed by atoms with E-state index in [-0.39, 0.29) is 24.0 Å². The van der Waals surface area contributed by atoms with Crippen LogP contribution in [0.25, 0.3) is 0 Å². The molecule has 2 aromatic rings. The zero-order valence-corrected chi connectivity index (χ0v) is 17.2. The van der Waals surface area contributed by atoms with Crippen LogP contribution in [0.4, 0.5) is 0 Å². The van der Waals surface area contributed by atoms with E-state index in [9.17, 15) is 0 Å². The summed E-state index contributed by atoms with van der Waals surface area (Å²) in [7, 11) is 3.44. The van der Waals surface area contributed by atoms with Crippen molar-refractivity contribution in [2.75, 3.05) is 14.2 Å². The number of hydrogen-bond acceptors (Lipinski definition) is 2. The summed E-state index contributed by atoms with van der Waals surface area (Å²) < 4.78 is 5.42. The molecule has 0 heterocycles. The number of aryl methyl sites for hydroxylation is 1. The van der Waals surface area contributed by atoms with Gasteiger partial charge in [-0.05, 0) is 36.2 Å². The predicted octanol–water partition coefficient (Wildman–Crippen LogP) is 4.14. The van der Waals surface area contributed by atoms with Crippen molar-refractivity contribution in [1.82, 2.24) is 10.6 Å². The number of benzene rings is 2. The van der Waals surface area contributed by atoms with Crippen LogP contribution >= 0.6 is 35.6 Å². The number of ether oxygens (including phenoxy) is 1. The average Bonchev–Trinajstić information content (AvgIpc) is 2.57. The number of methoxy groups -OCH3 is 1. The second kappa shape index (κ2) is 10.4. The molecule has 0 radical (unpaired) electrons. The van der Waals surface area contributed by atoms with Crippen LogP contribution in [0, 0.1) is 6.92 Å². The highest BCUT2D eigenvalue weighted by Crippen LogP contribution is 2.19. The van der Waals surface area contributed by atoms with Crippen molar-refractivity contribution in [2.45, 2.75) is 20.0 Å². The van der Waals surface area contributed by atoms with E-state index >= 15 is 0 Å². The maximum atomic E-state index is 5.89. The molecular weight excluding hydrogens is 437 g/mol. The Kier molecular flexibility index (Phi) is 8.92. The number of aliphatic imine (C=N–C) groups is 1. The van der Waals surface area contributed by atoms with Crippen LogP contribution in [0.1, 0.15) is 16.7 Å². The largest absolute Gasteiger partial charge is 0.496 e. The van der Waals surface area contributed by atoms with Crippen LogP contribution in [0.2, 0.25) is 5.02 Å². The minimum absolute atomic E-state index is 0. The normalized spacial score (nSPS) is 10.8. The van der Waals surface area contributed by atoms with Crippen LogP contribution in [0.15, 0.2) is 47.5 Å². The van der Waals surface area contributed by atoms with Gasteiger partial charge in [-0.15, -0.1) is 24.0 Å². The fourth-order valence-electron chi connectivity index (χ4n) is 2.19. The van der Waals surface area contributed by atoms with Crippen LogP contribution in [0.5, 0.6) is 5.75 Å². The first-order valence-electron chi connectivity index (χ1n) is 7.45. The third kappa shape index (κ3) is 6.20. The minimum atomic E-state index is 0. The predicted molar refractivity (Wildman–Crippen MR) is 112 cm³/mol. The molecule has 24 heavy (non-hydrogen) atoms. The fourth-order valence-corrected chi connectivity index (χ4v) is 2.31. The molecule has 0 saturated heterocycles. The van der Waals surface area contributed by atoms with Crippen molar-refractivity contribution >= 4 is 41.5 Å². The Hall–Kier alpha value is -1.47. The molecule has 0 atom stereocenters. The number of nitrogens with zero attached hydrogens (tertiary/aromatic N) is 1. The van der Waals surface area contributed by atoms with E-state index in [1.807, 2.05) is 37.3 Å². The topological polar surface area (TPSA) is 45.7 Å². The van der Waals surface area contributed by atoms with E-state index in [4.69, 9.17) is 16.3 Å². The van der Waals surface area contributed by atoms with Gasteiger partial charge in [0.05, 0.1) is 7.11 Å². The van der Waals surface area contributed by atoms with E-state index in [2.05, 4.69) is 27.8 Å². The van der Waals surface area contributed by atoms with Gasteiger partial charge in [0.1, 0.15) is 5.75 Å². The molecule has 0 aliphatic heterocycles. The molecule has 0 spiro atoms. The lowest BCUT2D eigenvalue weighted by atomic mass is 10.1. The molecule has 130 valence electrons. The number of halogens is 2. The monoisotopic (exact) mass is 459 g/mol. The summed E-state index contributed by atoms with van der Waals surface area (Å²) in [6.45, 7) is 3.37. The van der Waals surface area contributed by atoms with Gasteiger partial charge in [-0.25, -0.2) is 0 Å². The molecule has 0 fully saturated rings. The van der Waals surface area contributed by atoms with Crippen LogP contribution in [-0.2, 0) is 13.1 Å². The van der Waals surface area contributed by atoms with E-state index in [0.717, 1.165) is 27.9 Å².